The van der Waals surface area contributed by atoms with Gasteiger partial charge in [0.1, 0.15) is 0 Å². The Hall–Kier alpha value is -2.14. The van der Waals surface area contributed by atoms with Crippen molar-refractivity contribution in [2.75, 3.05) is 0 Å². The maximum atomic E-state index is 12.0. The number of aryl methyl sites for hydroxylation is 1. The molecular formula is C16H16BrN3O. The van der Waals surface area contributed by atoms with Crippen LogP contribution in [0, 0.1) is 0 Å². The molecule has 0 spiro atoms. The Kier molecular flexibility index (Phi) is 5.11. The van der Waals surface area contributed by atoms with Gasteiger partial charge in [-0.2, -0.15) is 0 Å². The van der Waals surface area contributed by atoms with E-state index < -0.39 is 0 Å². The van der Waals surface area contributed by atoms with Gasteiger partial charge in [0.05, 0.1) is 11.3 Å². The van der Waals surface area contributed by atoms with Crippen molar-refractivity contribution in [1.82, 2.24) is 15.8 Å². The summed E-state index contributed by atoms with van der Waals surface area (Å²) in [5.74, 6) is -0.268. The summed E-state index contributed by atoms with van der Waals surface area (Å²) < 4.78 is 0.754. The molecule has 0 fully saturated rings. The SMILES string of the molecule is C=C(NNC(=O)c1cncc(Br)c1)c1ccc(CC)cc1. The maximum absolute atomic E-state index is 12.0. The summed E-state index contributed by atoms with van der Waals surface area (Å²) in [6.45, 7) is 6.02. The number of nitrogens with zero attached hydrogens (tertiary/aromatic N) is 1. The van der Waals surface area contributed by atoms with Crippen LogP contribution in [0.4, 0.5) is 0 Å². The number of nitrogens with one attached hydrogen (secondary N) is 2. The number of halogens is 1. The molecular weight excluding hydrogens is 330 g/mol. The minimum absolute atomic E-state index is 0.268. The zero-order valence-electron chi connectivity index (χ0n) is 11.7. The number of hydrogen-bond acceptors (Lipinski definition) is 3. The van der Waals surface area contributed by atoms with E-state index in [0.717, 1.165) is 16.5 Å². The normalized spacial score (nSPS) is 10.0. The molecule has 0 aliphatic rings. The van der Waals surface area contributed by atoms with Gasteiger partial charge in [-0.15, -0.1) is 0 Å². The zero-order valence-corrected chi connectivity index (χ0v) is 13.3. The van der Waals surface area contributed by atoms with Gasteiger partial charge in [0, 0.05) is 16.9 Å². The van der Waals surface area contributed by atoms with Crippen LogP contribution in [0.2, 0.25) is 0 Å². The predicted octanol–water partition coefficient (Wildman–Crippen LogP) is 3.31. The molecule has 4 nitrogen and oxygen atoms in total. The molecule has 1 aromatic carbocycles. The minimum atomic E-state index is -0.268. The third-order valence-corrected chi connectivity index (χ3v) is 3.44. The smallest absolute Gasteiger partial charge is 0.271 e. The van der Waals surface area contributed by atoms with E-state index >= 15 is 0 Å². The molecule has 0 saturated carbocycles. The fourth-order valence-electron chi connectivity index (χ4n) is 1.75. The summed E-state index contributed by atoms with van der Waals surface area (Å²) in [5, 5.41) is 0. The van der Waals surface area contributed by atoms with Gasteiger partial charge in [-0.3, -0.25) is 20.6 Å². The van der Waals surface area contributed by atoms with Gasteiger partial charge in [-0.1, -0.05) is 37.8 Å². The molecule has 0 atom stereocenters. The standard InChI is InChI=1S/C16H16BrN3O/c1-3-12-4-6-13(7-5-12)11(2)19-20-16(21)14-8-15(17)10-18-9-14/h4-10,19H,2-3H2,1H3,(H,20,21). The van der Waals surface area contributed by atoms with Crippen LogP contribution < -0.4 is 10.9 Å². The van der Waals surface area contributed by atoms with Crippen molar-refractivity contribution in [2.24, 2.45) is 0 Å². The minimum Gasteiger partial charge on any atom is -0.298 e. The lowest BCUT2D eigenvalue weighted by atomic mass is 10.1. The summed E-state index contributed by atoms with van der Waals surface area (Å²) in [4.78, 5) is 15.9. The van der Waals surface area contributed by atoms with E-state index in [2.05, 4.69) is 45.3 Å². The Labute approximate surface area is 132 Å². The lowest BCUT2D eigenvalue weighted by molar-refractivity contribution is 0.0942. The highest BCUT2D eigenvalue weighted by atomic mass is 79.9. The van der Waals surface area contributed by atoms with Crippen molar-refractivity contribution in [2.45, 2.75) is 13.3 Å². The van der Waals surface area contributed by atoms with Crippen molar-refractivity contribution >= 4 is 27.5 Å². The second kappa shape index (κ2) is 7.04. The van der Waals surface area contributed by atoms with E-state index in [9.17, 15) is 4.79 Å². The second-order valence-corrected chi connectivity index (χ2v) is 5.42. The first kappa shape index (κ1) is 15.3. The molecule has 0 aliphatic heterocycles. The van der Waals surface area contributed by atoms with Gasteiger partial charge < -0.3 is 0 Å². The Morgan fingerprint density at radius 1 is 1.19 bits per heavy atom. The summed E-state index contributed by atoms with van der Waals surface area (Å²) in [6.07, 6.45) is 4.12. The Balaban J connectivity index is 1.95. The molecule has 2 aromatic rings. The Bertz CT molecular complexity index is 653. The number of hydrogen-bond donors (Lipinski definition) is 2. The van der Waals surface area contributed by atoms with Crippen LogP contribution in [-0.2, 0) is 6.42 Å². The molecule has 0 saturated heterocycles. The fraction of sp³-hybridized carbons (Fsp3) is 0.125. The van der Waals surface area contributed by atoms with Crippen LogP contribution in [0.15, 0.2) is 53.8 Å². The van der Waals surface area contributed by atoms with Gasteiger partial charge in [-0.05, 0) is 39.5 Å². The Morgan fingerprint density at radius 3 is 2.52 bits per heavy atom. The molecule has 0 unspecified atom stereocenters. The monoisotopic (exact) mass is 345 g/mol. The molecule has 0 radical (unpaired) electrons. The fourth-order valence-corrected chi connectivity index (χ4v) is 2.12. The molecule has 2 N–H and O–H groups in total. The molecule has 1 aromatic heterocycles. The Morgan fingerprint density at radius 2 is 1.90 bits per heavy atom. The van der Waals surface area contributed by atoms with Crippen molar-refractivity contribution < 1.29 is 4.79 Å². The number of carbonyl (C=O) groups excluding carboxylic acids is 1. The van der Waals surface area contributed by atoms with Crippen LogP contribution in [0.5, 0.6) is 0 Å². The summed E-state index contributed by atoms with van der Waals surface area (Å²) in [5.41, 5.74) is 8.71. The number of amides is 1. The van der Waals surface area contributed by atoms with E-state index in [4.69, 9.17) is 0 Å². The summed E-state index contributed by atoms with van der Waals surface area (Å²) in [7, 11) is 0. The first-order valence-electron chi connectivity index (χ1n) is 6.55. The lowest BCUT2D eigenvalue weighted by Gasteiger charge is -2.11. The largest absolute Gasteiger partial charge is 0.298 e. The number of rotatable bonds is 5. The van der Waals surface area contributed by atoms with E-state index in [1.165, 1.54) is 11.8 Å². The van der Waals surface area contributed by atoms with Crippen LogP contribution in [0.3, 0.4) is 0 Å². The lowest BCUT2D eigenvalue weighted by Crippen LogP contribution is -2.35. The van der Waals surface area contributed by atoms with Crippen molar-refractivity contribution in [3.05, 3.63) is 70.5 Å². The first-order chi connectivity index (χ1) is 10.1. The van der Waals surface area contributed by atoms with E-state index in [0.29, 0.717) is 11.3 Å². The maximum Gasteiger partial charge on any atom is 0.271 e. The van der Waals surface area contributed by atoms with Crippen LogP contribution in [-0.4, -0.2) is 10.9 Å². The topological polar surface area (TPSA) is 54.0 Å². The number of carbonyl (C=O) groups is 1. The van der Waals surface area contributed by atoms with Gasteiger partial charge in [0.25, 0.3) is 5.91 Å². The van der Waals surface area contributed by atoms with E-state index in [1.54, 1.807) is 12.3 Å². The summed E-state index contributed by atoms with van der Waals surface area (Å²) in [6, 6.07) is 9.73. The third-order valence-electron chi connectivity index (χ3n) is 3.00. The van der Waals surface area contributed by atoms with Crippen molar-refractivity contribution in [3.63, 3.8) is 0 Å². The molecule has 5 heteroatoms. The number of hydrazine groups is 1. The average molecular weight is 346 g/mol. The van der Waals surface area contributed by atoms with Gasteiger partial charge in [-0.25, -0.2) is 0 Å². The van der Waals surface area contributed by atoms with E-state index in [1.807, 2.05) is 24.3 Å². The highest BCUT2D eigenvalue weighted by Crippen LogP contribution is 2.12. The van der Waals surface area contributed by atoms with Crippen molar-refractivity contribution in [3.8, 4) is 0 Å². The van der Waals surface area contributed by atoms with Crippen LogP contribution >= 0.6 is 15.9 Å². The molecule has 0 aliphatic carbocycles. The molecule has 0 bridgehead atoms. The predicted molar refractivity (Wildman–Crippen MR) is 87.4 cm³/mol. The van der Waals surface area contributed by atoms with Gasteiger partial charge in [0.15, 0.2) is 0 Å². The zero-order chi connectivity index (χ0) is 15.2. The summed E-state index contributed by atoms with van der Waals surface area (Å²) >= 11 is 3.28. The van der Waals surface area contributed by atoms with Crippen molar-refractivity contribution in [1.29, 1.82) is 0 Å². The molecule has 2 rings (SSSR count). The molecule has 1 amide bonds. The quantitative estimate of drug-likeness (QED) is 0.817. The van der Waals surface area contributed by atoms with Gasteiger partial charge in [0.2, 0.25) is 0 Å². The van der Waals surface area contributed by atoms with Gasteiger partial charge >= 0.3 is 0 Å². The highest BCUT2D eigenvalue weighted by Gasteiger charge is 2.06. The highest BCUT2D eigenvalue weighted by molar-refractivity contribution is 9.10. The van der Waals surface area contributed by atoms with Crippen LogP contribution in [0.1, 0.15) is 28.4 Å². The molecule has 108 valence electrons. The number of pyridine rings is 1. The first-order valence-corrected chi connectivity index (χ1v) is 7.34. The average Bonchev–Trinajstić information content (AvgIpc) is 2.52. The third kappa shape index (κ3) is 4.16. The number of benzene rings is 1. The number of aromatic nitrogens is 1. The van der Waals surface area contributed by atoms with Crippen LogP contribution in [0.25, 0.3) is 5.70 Å². The second-order valence-electron chi connectivity index (χ2n) is 4.50. The molecule has 1 heterocycles. The van der Waals surface area contributed by atoms with E-state index in [-0.39, 0.29) is 5.91 Å². The molecule has 21 heavy (non-hydrogen) atoms.